The Hall–Kier alpha value is -1.75. The van der Waals surface area contributed by atoms with Crippen molar-refractivity contribution in [3.05, 3.63) is 35.4 Å². The van der Waals surface area contributed by atoms with Crippen LogP contribution in [-0.4, -0.2) is 14.8 Å². The number of hydrogen-bond acceptors (Lipinski definition) is 4. The number of nitrogens with two attached hydrogens (primary N) is 1. The van der Waals surface area contributed by atoms with Gasteiger partial charge in [0.2, 0.25) is 0 Å². The van der Waals surface area contributed by atoms with Crippen molar-refractivity contribution in [1.29, 1.82) is 0 Å². The molecule has 0 fully saturated rings. The highest BCUT2D eigenvalue weighted by Gasteiger charge is 2.06. The number of halogens is 1. The first-order chi connectivity index (χ1) is 8.70. The topological polar surface area (TPSA) is 66.0 Å². The highest BCUT2D eigenvalue weighted by atomic mass is 35.5. The summed E-state index contributed by atoms with van der Waals surface area (Å²) in [4.78, 5) is 4.16. The van der Waals surface area contributed by atoms with Gasteiger partial charge in [-0.3, -0.25) is 0 Å². The second-order valence-corrected chi connectivity index (χ2v) is 4.31. The fourth-order valence-corrected chi connectivity index (χ4v) is 1.77. The Labute approximate surface area is 111 Å². The van der Waals surface area contributed by atoms with Gasteiger partial charge < -0.3 is 10.5 Å². The molecule has 0 saturated heterocycles. The van der Waals surface area contributed by atoms with Gasteiger partial charge in [0.25, 0.3) is 0 Å². The maximum absolute atomic E-state index is 5.82. The van der Waals surface area contributed by atoms with E-state index < -0.39 is 0 Å². The highest BCUT2D eigenvalue weighted by molar-refractivity contribution is 6.30. The minimum absolute atomic E-state index is 0.339. The molecule has 1 aromatic heterocycles. The summed E-state index contributed by atoms with van der Waals surface area (Å²) in [5, 5.41) is 4.72. The summed E-state index contributed by atoms with van der Waals surface area (Å²) < 4.78 is 7.44. The van der Waals surface area contributed by atoms with Crippen LogP contribution in [0.25, 0.3) is 0 Å². The van der Waals surface area contributed by atoms with Crippen molar-refractivity contribution in [3.8, 4) is 5.75 Å². The molecule has 0 spiro atoms. The summed E-state index contributed by atoms with van der Waals surface area (Å²) in [5.41, 5.74) is 6.32. The average Bonchev–Trinajstić information content (AvgIpc) is 2.76. The number of rotatable bonds is 5. The SMILES string of the molecule is CCCn1ncnc1COc1ccc(Cl)cc1N. The van der Waals surface area contributed by atoms with Gasteiger partial charge in [0.05, 0.1) is 5.69 Å². The summed E-state index contributed by atoms with van der Waals surface area (Å²) in [6.07, 6.45) is 2.53. The molecule has 96 valence electrons. The molecule has 0 radical (unpaired) electrons. The molecule has 1 aromatic carbocycles. The van der Waals surface area contributed by atoms with Gasteiger partial charge in [0.1, 0.15) is 18.7 Å². The standard InChI is InChI=1S/C12H15ClN4O/c1-2-5-17-12(15-8-16-17)7-18-11-4-3-9(13)6-10(11)14/h3-4,6,8H,2,5,7,14H2,1H3. The van der Waals surface area contributed by atoms with Gasteiger partial charge in [-0.15, -0.1) is 0 Å². The number of aryl methyl sites for hydroxylation is 1. The molecule has 0 atom stereocenters. The first kappa shape index (κ1) is 12.7. The van der Waals surface area contributed by atoms with Crippen LogP contribution < -0.4 is 10.5 Å². The van der Waals surface area contributed by atoms with Gasteiger partial charge in [-0.05, 0) is 24.6 Å². The predicted molar refractivity (Wildman–Crippen MR) is 70.5 cm³/mol. The van der Waals surface area contributed by atoms with Crippen molar-refractivity contribution < 1.29 is 4.74 Å². The van der Waals surface area contributed by atoms with Crippen LogP contribution in [0.3, 0.4) is 0 Å². The maximum Gasteiger partial charge on any atom is 0.164 e. The zero-order chi connectivity index (χ0) is 13.0. The van der Waals surface area contributed by atoms with Crippen molar-refractivity contribution in [2.45, 2.75) is 26.5 Å². The second-order valence-electron chi connectivity index (χ2n) is 3.87. The van der Waals surface area contributed by atoms with Crippen molar-refractivity contribution in [2.75, 3.05) is 5.73 Å². The largest absolute Gasteiger partial charge is 0.483 e. The first-order valence-electron chi connectivity index (χ1n) is 5.75. The van der Waals surface area contributed by atoms with E-state index in [9.17, 15) is 0 Å². The van der Waals surface area contributed by atoms with E-state index in [1.165, 1.54) is 6.33 Å². The van der Waals surface area contributed by atoms with Crippen LogP contribution in [0, 0.1) is 0 Å². The summed E-state index contributed by atoms with van der Waals surface area (Å²) >= 11 is 5.82. The van der Waals surface area contributed by atoms with E-state index >= 15 is 0 Å². The van der Waals surface area contributed by atoms with E-state index in [-0.39, 0.29) is 0 Å². The van der Waals surface area contributed by atoms with Crippen molar-refractivity contribution in [3.63, 3.8) is 0 Å². The lowest BCUT2D eigenvalue weighted by molar-refractivity contribution is 0.287. The molecule has 2 aromatic rings. The van der Waals surface area contributed by atoms with Gasteiger partial charge >= 0.3 is 0 Å². The van der Waals surface area contributed by atoms with Crippen LogP contribution in [-0.2, 0) is 13.2 Å². The molecule has 2 N–H and O–H groups in total. The average molecular weight is 267 g/mol. The lowest BCUT2D eigenvalue weighted by Crippen LogP contribution is -2.09. The maximum atomic E-state index is 5.82. The van der Waals surface area contributed by atoms with Crippen LogP contribution in [0.5, 0.6) is 5.75 Å². The van der Waals surface area contributed by atoms with E-state index in [0.717, 1.165) is 18.8 Å². The lowest BCUT2D eigenvalue weighted by Gasteiger charge is -2.09. The number of nitrogens with zero attached hydrogens (tertiary/aromatic N) is 3. The van der Waals surface area contributed by atoms with Gasteiger partial charge in [-0.2, -0.15) is 5.10 Å². The monoisotopic (exact) mass is 266 g/mol. The number of ether oxygens (including phenoxy) is 1. The van der Waals surface area contributed by atoms with Crippen LogP contribution in [0.1, 0.15) is 19.2 Å². The number of nitrogen functional groups attached to an aromatic ring is 1. The summed E-state index contributed by atoms with van der Waals surface area (Å²) in [7, 11) is 0. The van der Waals surface area contributed by atoms with Gasteiger partial charge in [-0.25, -0.2) is 9.67 Å². The summed E-state index contributed by atoms with van der Waals surface area (Å²) in [5.74, 6) is 1.39. The van der Waals surface area contributed by atoms with Crippen molar-refractivity contribution >= 4 is 17.3 Å². The molecule has 0 bridgehead atoms. The number of anilines is 1. The molecule has 0 aliphatic carbocycles. The van der Waals surface area contributed by atoms with Gasteiger partial charge in [-0.1, -0.05) is 18.5 Å². The Morgan fingerprint density at radius 2 is 2.28 bits per heavy atom. The molecule has 5 nitrogen and oxygen atoms in total. The van der Waals surface area contributed by atoms with Crippen LogP contribution >= 0.6 is 11.6 Å². The molecular formula is C12H15ClN4O. The normalized spacial score (nSPS) is 10.6. The number of aromatic nitrogens is 3. The van der Waals surface area contributed by atoms with Crippen LogP contribution in [0.15, 0.2) is 24.5 Å². The Balaban J connectivity index is 2.04. The molecule has 6 heteroatoms. The number of hydrogen-bond donors (Lipinski definition) is 1. The van der Waals surface area contributed by atoms with E-state index in [0.29, 0.717) is 23.1 Å². The third-order valence-corrected chi connectivity index (χ3v) is 2.69. The fraction of sp³-hybridized carbons (Fsp3) is 0.333. The molecule has 18 heavy (non-hydrogen) atoms. The lowest BCUT2D eigenvalue weighted by atomic mass is 10.3. The van der Waals surface area contributed by atoms with E-state index in [4.69, 9.17) is 22.1 Å². The molecule has 0 amide bonds. The van der Waals surface area contributed by atoms with Crippen LogP contribution in [0.4, 0.5) is 5.69 Å². The molecule has 0 aliphatic rings. The van der Waals surface area contributed by atoms with Crippen molar-refractivity contribution in [1.82, 2.24) is 14.8 Å². The minimum atomic E-state index is 0.339. The van der Waals surface area contributed by atoms with E-state index in [1.54, 1.807) is 18.2 Å². The minimum Gasteiger partial charge on any atom is -0.483 e. The summed E-state index contributed by atoms with van der Waals surface area (Å²) in [6.45, 7) is 3.25. The van der Waals surface area contributed by atoms with Crippen molar-refractivity contribution in [2.24, 2.45) is 0 Å². The molecule has 0 unspecified atom stereocenters. The molecule has 0 saturated carbocycles. The quantitative estimate of drug-likeness (QED) is 0.845. The molecule has 2 rings (SSSR count). The Morgan fingerprint density at radius 3 is 3.00 bits per heavy atom. The third kappa shape index (κ3) is 2.92. The van der Waals surface area contributed by atoms with Crippen LogP contribution in [0.2, 0.25) is 5.02 Å². The van der Waals surface area contributed by atoms with Gasteiger partial charge in [0.15, 0.2) is 5.82 Å². The Morgan fingerprint density at radius 1 is 1.44 bits per heavy atom. The predicted octanol–water partition coefficient (Wildman–Crippen LogP) is 2.50. The molecular weight excluding hydrogens is 252 g/mol. The highest BCUT2D eigenvalue weighted by Crippen LogP contribution is 2.25. The fourth-order valence-electron chi connectivity index (χ4n) is 1.59. The third-order valence-electron chi connectivity index (χ3n) is 2.46. The van der Waals surface area contributed by atoms with E-state index in [1.807, 2.05) is 4.68 Å². The Bertz CT molecular complexity index is 527. The smallest absolute Gasteiger partial charge is 0.164 e. The summed E-state index contributed by atoms with van der Waals surface area (Å²) in [6, 6.07) is 5.15. The van der Waals surface area contributed by atoms with Gasteiger partial charge in [0, 0.05) is 11.6 Å². The first-order valence-corrected chi connectivity index (χ1v) is 6.13. The Kier molecular flexibility index (Phi) is 4.04. The zero-order valence-corrected chi connectivity index (χ0v) is 10.9. The molecule has 0 aliphatic heterocycles. The zero-order valence-electron chi connectivity index (χ0n) is 10.1. The number of benzene rings is 1. The molecule has 1 heterocycles. The second kappa shape index (κ2) is 5.73. The van der Waals surface area contributed by atoms with E-state index in [2.05, 4.69) is 17.0 Å².